The Morgan fingerprint density at radius 1 is 1.48 bits per heavy atom. The second kappa shape index (κ2) is 6.74. The van der Waals surface area contributed by atoms with Gasteiger partial charge in [-0.3, -0.25) is 4.68 Å². The van der Waals surface area contributed by atoms with Crippen LogP contribution in [0.2, 0.25) is 0 Å². The molecule has 1 atom stereocenters. The summed E-state index contributed by atoms with van der Waals surface area (Å²) in [7, 11) is 0. The van der Waals surface area contributed by atoms with Crippen molar-refractivity contribution in [2.75, 3.05) is 13.1 Å². The summed E-state index contributed by atoms with van der Waals surface area (Å²) in [4.78, 5) is 15.7. The second-order valence-electron chi connectivity index (χ2n) is 6.44. The number of amides is 2. The Morgan fingerprint density at radius 3 is 3.04 bits per heavy atom. The first-order valence-electron chi connectivity index (χ1n) is 8.12. The van der Waals surface area contributed by atoms with Crippen molar-refractivity contribution in [1.82, 2.24) is 20.0 Å². The lowest BCUT2D eigenvalue weighted by atomic mass is 10.1. The van der Waals surface area contributed by atoms with Gasteiger partial charge >= 0.3 is 6.03 Å². The molecule has 5 nitrogen and oxygen atoms in total. The maximum Gasteiger partial charge on any atom is 0.317 e. The van der Waals surface area contributed by atoms with Crippen LogP contribution < -0.4 is 5.32 Å². The Bertz CT molecular complexity index is 691. The van der Waals surface area contributed by atoms with E-state index in [1.165, 1.54) is 16.1 Å². The van der Waals surface area contributed by atoms with E-state index in [-0.39, 0.29) is 6.03 Å². The van der Waals surface area contributed by atoms with Crippen LogP contribution in [0, 0.1) is 19.8 Å². The summed E-state index contributed by atoms with van der Waals surface area (Å²) in [5, 5.41) is 9.67. The van der Waals surface area contributed by atoms with E-state index in [0.717, 1.165) is 31.7 Å². The van der Waals surface area contributed by atoms with Crippen molar-refractivity contribution in [3.8, 4) is 0 Å². The zero-order chi connectivity index (χ0) is 16.4. The molecule has 1 aliphatic heterocycles. The summed E-state index contributed by atoms with van der Waals surface area (Å²) in [6, 6.07) is 4.25. The maximum atomic E-state index is 12.4. The van der Waals surface area contributed by atoms with Crippen molar-refractivity contribution in [3.05, 3.63) is 39.3 Å². The smallest absolute Gasteiger partial charge is 0.317 e. The van der Waals surface area contributed by atoms with Crippen LogP contribution in [0.25, 0.3) is 0 Å². The standard InChI is InChI=1S/C17H24N4OS/c1-12(10-21-14(3)8-13(2)19-21)9-18-17(22)20-6-4-16-15(11-20)5-7-23-16/h5,7-8,12H,4,6,9-11H2,1-3H3,(H,18,22)/t12-/m1/s1. The largest absolute Gasteiger partial charge is 0.338 e. The maximum absolute atomic E-state index is 12.4. The number of fused-ring (bicyclic) bond motifs is 1. The lowest BCUT2D eigenvalue weighted by Crippen LogP contribution is -2.44. The molecule has 0 fully saturated rings. The number of nitrogens with zero attached hydrogens (tertiary/aromatic N) is 3. The fourth-order valence-electron chi connectivity index (χ4n) is 3.01. The molecule has 0 aliphatic carbocycles. The number of hydrogen-bond acceptors (Lipinski definition) is 3. The monoisotopic (exact) mass is 332 g/mol. The van der Waals surface area contributed by atoms with Gasteiger partial charge in [-0.2, -0.15) is 5.10 Å². The molecule has 0 spiro atoms. The van der Waals surface area contributed by atoms with Crippen LogP contribution in [0.4, 0.5) is 4.79 Å². The zero-order valence-electron chi connectivity index (χ0n) is 14.0. The molecule has 124 valence electrons. The van der Waals surface area contributed by atoms with E-state index in [0.29, 0.717) is 12.5 Å². The first-order chi connectivity index (χ1) is 11.0. The van der Waals surface area contributed by atoms with Gasteiger partial charge in [-0.15, -0.1) is 11.3 Å². The average Bonchev–Trinajstić information content (AvgIpc) is 3.10. The SMILES string of the molecule is Cc1cc(C)n(C[C@H](C)CNC(=O)N2CCc3sccc3C2)n1. The molecule has 1 N–H and O–H groups in total. The molecule has 6 heteroatoms. The van der Waals surface area contributed by atoms with Crippen LogP contribution in [0.5, 0.6) is 0 Å². The molecule has 1 aliphatic rings. The van der Waals surface area contributed by atoms with Crippen LogP contribution in [0.1, 0.15) is 28.8 Å². The molecule has 23 heavy (non-hydrogen) atoms. The molecular weight excluding hydrogens is 308 g/mol. The Balaban J connectivity index is 1.48. The van der Waals surface area contributed by atoms with Crippen molar-refractivity contribution in [1.29, 1.82) is 0 Å². The van der Waals surface area contributed by atoms with E-state index < -0.39 is 0 Å². The number of hydrogen-bond donors (Lipinski definition) is 1. The Labute approximate surface area is 141 Å². The van der Waals surface area contributed by atoms with Gasteiger partial charge in [-0.05, 0) is 49.3 Å². The third kappa shape index (κ3) is 3.75. The van der Waals surface area contributed by atoms with E-state index in [4.69, 9.17) is 0 Å². The van der Waals surface area contributed by atoms with Crippen LogP contribution in [-0.4, -0.2) is 33.8 Å². The van der Waals surface area contributed by atoms with Gasteiger partial charge in [-0.1, -0.05) is 6.92 Å². The molecule has 0 radical (unpaired) electrons. The molecule has 0 saturated heterocycles. The summed E-state index contributed by atoms with van der Waals surface area (Å²) >= 11 is 1.79. The van der Waals surface area contributed by atoms with Gasteiger partial charge in [-0.25, -0.2) is 4.79 Å². The molecule has 3 rings (SSSR count). The highest BCUT2D eigenvalue weighted by Gasteiger charge is 2.21. The Hall–Kier alpha value is -1.82. The molecule has 0 aromatic carbocycles. The predicted octanol–water partition coefficient (Wildman–Crippen LogP) is 2.97. The van der Waals surface area contributed by atoms with Crippen molar-refractivity contribution in [2.24, 2.45) is 5.92 Å². The number of aryl methyl sites for hydroxylation is 2. The predicted molar refractivity (Wildman–Crippen MR) is 92.7 cm³/mol. The summed E-state index contributed by atoms with van der Waals surface area (Å²) in [5.41, 5.74) is 3.51. The van der Waals surface area contributed by atoms with Crippen molar-refractivity contribution < 1.29 is 4.79 Å². The summed E-state index contributed by atoms with van der Waals surface area (Å²) in [6.07, 6.45) is 0.974. The molecular formula is C17H24N4OS. The number of rotatable bonds is 4. The minimum atomic E-state index is 0.0436. The van der Waals surface area contributed by atoms with Gasteiger partial charge < -0.3 is 10.2 Å². The molecule has 0 saturated carbocycles. The van der Waals surface area contributed by atoms with Gasteiger partial charge in [0.25, 0.3) is 0 Å². The Morgan fingerprint density at radius 2 is 2.30 bits per heavy atom. The van der Waals surface area contributed by atoms with Crippen molar-refractivity contribution in [3.63, 3.8) is 0 Å². The third-order valence-electron chi connectivity index (χ3n) is 4.28. The molecule has 0 unspecified atom stereocenters. The highest BCUT2D eigenvalue weighted by atomic mass is 32.1. The van der Waals surface area contributed by atoms with E-state index in [9.17, 15) is 4.79 Å². The van der Waals surface area contributed by atoms with E-state index in [1.54, 1.807) is 11.3 Å². The van der Waals surface area contributed by atoms with Crippen LogP contribution in [0.15, 0.2) is 17.5 Å². The van der Waals surface area contributed by atoms with Crippen molar-refractivity contribution >= 4 is 17.4 Å². The molecule has 3 heterocycles. The third-order valence-corrected chi connectivity index (χ3v) is 5.31. The van der Waals surface area contributed by atoms with Gasteiger partial charge in [0.05, 0.1) is 5.69 Å². The fraction of sp³-hybridized carbons (Fsp3) is 0.529. The van der Waals surface area contributed by atoms with Gasteiger partial charge in [0.1, 0.15) is 0 Å². The van der Waals surface area contributed by atoms with Crippen LogP contribution in [-0.2, 0) is 19.5 Å². The average molecular weight is 332 g/mol. The van der Waals surface area contributed by atoms with Gasteiger partial charge in [0.15, 0.2) is 0 Å². The minimum absolute atomic E-state index is 0.0436. The number of carbonyl (C=O) groups is 1. The molecule has 2 aromatic heterocycles. The Kier molecular flexibility index (Phi) is 4.71. The van der Waals surface area contributed by atoms with E-state index in [1.807, 2.05) is 16.5 Å². The lowest BCUT2D eigenvalue weighted by Gasteiger charge is -2.27. The minimum Gasteiger partial charge on any atom is -0.338 e. The van der Waals surface area contributed by atoms with Gasteiger partial charge in [0, 0.05) is 36.8 Å². The lowest BCUT2D eigenvalue weighted by molar-refractivity contribution is 0.190. The molecule has 2 amide bonds. The zero-order valence-corrected chi connectivity index (χ0v) is 14.8. The summed E-state index contributed by atoms with van der Waals surface area (Å²) in [6.45, 7) is 9.26. The quantitative estimate of drug-likeness (QED) is 0.936. The number of nitrogens with one attached hydrogen (secondary N) is 1. The normalized spacial score (nSPS) is 15.3. The van der Waals surface area contributed by atoms with Crippen LogP contribution in [0.3, 0.4) is 0 Å². The van der Waals surface area contributed by atoms with Gasteiger partial charge in [0.2, 0.25) is 0 Å². The molecule has 0 bridgehead atoms. The highest BCUT2D eigenvalue weighted by molar-refractivity contribution is 7.10. The summed E-state index contributed by atoms with van der Waals surface area (Å²) in [5.74, 6) is 0.346. The van der Waals surface area contributed by atoms with Crippen molar-refractivity contribution in [2.45, 2.75) is 40.3 Å². The van der Waals surface area contributed by atoms with Crippen LogP contribution >= 0.6 is 11.3 Å². The number of thiophene rings is 1. The topological polar surface area (TPSA) is 50.2 Å². The fourth-order valence-corrected chi connectivity index (χ4v) is 3.90. The number of urea groups is 1. The second-order valence-corrected chi connectivity index (χ2v) is 7.44. The number of aromatic nitrogens is 2. The summed E-state index contributed by atoms with van der Waals surface area (Å²) < 4.78 is 2.02. The first kappa shape index (κ1) is 16.1. The highest BCUT2D eigenvalue weighted by Crippen LogP contribution is 2.23. The van der Waals surface area contributed by atoms with E-state index in [2.05, 4.69) is 41.8 Å². The number of carbonyl (C=O) groups excluding carboxylic acids is 1. The van der Waals surface area contributed by atoms with E-state index >= 15 is 0 Å². The first-order valence-corrected chi connectivity index (χ1v) is 9.00. The molecule has 2 aromatic rings.